The summed E-state index contributed by atoms with van der Waals surface area (Å²) in [4.78, 5) is 10.9. The van der Waals surface area contributed by atoms with E-state index in [-0.39, 0.29) is 0 Å². The van der Waals surface area contributed by atoms with E-state index in [0.717, 1.165) is 17.9 Å². The van der Waals surface area contributed by atoms with E-state index in [1.807, 2.05) is 0 Å². The molecule has 1 saturated carbocycles. The Balaban J connectivity index is 1.11. The van der Waals surface area contributed by atoms with Gasteiger partial charge in [0.05, 0.1) is 0 Å². The predicted molar refractivity (Wildman–Crippen MR) is 114 cm³/mol. The summed E-state index contributed by atoms with van der Waals surface area (Å²) in [6.45, 7) is 21.7. The minimum Gasteiger partial charge on any atom is -0.303 e. The van der Waals surface area contributed by atoms with Gasteiger partial charge in [0.15, 0.2) is 0 Å². The average Bonchev–Trinajstić information content (AvgIpc) is 3.37. The van der Waals surface area contributed by atoms with Crippen LogP contribution in [0.4, 0.5) is 0 Å². The minimum atomic E-state index is 0.713. The first-order chi connectivity index (χ1) is 13.0. The maximum absolute atomic E-state index is 2.81. The molecule has 0 bridgehead atoms. The van der Waals surface area contributed by atoms with Crippen molar-refractivity contribution in [2.45, 2.75) is 58.9 Å². The standard InChI is InChI=1S/C23H44N4/c1-4-24-11-13-25(14-12-24)16-21-17-27(18-21)22-5-9-26(10-6-22)19-23(7-8-23)15-20(2)3/h20-22H,4-19H2,1-3H3. The van der Waals surface area contributed by atoms with Gasteiger partial charge in [0.1, 0.15) is 0 Å². The van der Waals surface area contributed by atoms with Gasteiger partial charge in [-0.2, -0.15) is 0 Å². The van der Waals surface area contributed by atoms with E-state index >= 15 is 0 Å². The molecule has 0 radical (unpaired) electrons. The highest BCUT2D eigenvalue weighted by atomic mass is 15.3. The molecule has 1 aliphatic carbocycles. The monoisotopic (exact) mass is 376 g/mol. The van der Waals surface area contributed by atoms with Crippen molar-refractivity contribution in [2.24, 2.45) is 17.3 Å². The van der Waals surface area contributed by atoms with Crippen molar-refractivity contribution in [2.75, 3.05) is 72.0 Å². The zero-order valence-corrected chi connectivity index (χ0v) is 18.3. The molecular formula is C23H44N4. The molecule has 156 valence electrons. The van der Waals surface area contributed by atoms with Gasteiger partial charge in [-0.05, 0) is 69.0 Å². The van der Waals surface area contributed by atoms with Crippen LogP contribution in [0.25, 0.3) is 0 Å². The lowest BCUT2D eigenvalue weighted by atomic mass is 9.90. The van der Waals surface area contributed by atoms with E-state index < -0.39 is 0 Å². The normalized spacial score (nSPS) is 29.3. The van der Waals surface area contributed by atoms with Crippen LogP contribution in [0.1, 0.15) is 52.9 Å². The summed E-state index contributed by atoms with van der Waals surface area (Å²) in [5, 5.41) is 0. The summed E-state index contributed by atoms with van der Waals surface area (Å²) in [7, 11) is 0. The van der Waals surface area contributed by atoms with Crippen LogP contribution in [0.15, 0.2) is 0 Å². The van der Waals surface area contributed by atoms with E-state index in [9.17, 15) is 0 Å². The molecule has 0 aromatic heterocycles. The van der Waals surface area contributed by atoms with Gasteiger partial charge in [-0.3, -0.25) is 4.90 Å². The largest absolute Gasteiger partial charge is 0.303 e. The molecule has 3 saturated heterocycles. The third kappa shape index (κ3) is 5.26. The van der Waals surface area contributed by atoms with E-state index in [4.69, 9.17) is 0 Å². The van der Waals surface area contributed by atoms with Crippen molar-refractivity contribution < 1.29 is 0 Å². The van der Waals surface area contributed by atoms with Crippen molar-refractivity contribution in [1.29, 1.82) is 0 Å². The fraction of sp³-hybridized carbons (Fsp3) is 1.00. The van der Waals surface area contributed by atoms with Gasteiger partial charge >= 0.3 is 0 Å². The van der Waals surface area contributed by atoms with Crippen LogP contribution in [0, 0.1) is 17.3 Å². The Morgan fingerprint density at radius 2 is 1.48 bits per heavy atom. The highest BCUT2D eigenvalue weighted by Crippen LogP contribution is 2.51. The second kappa shape index (κ2) is 8.69. The van der Waals surface area contributed by atoms with Crippen molar-refractivity contribution in [3.63, 3.8) is 0 Å². The SMILES string of the molecule is CCN1CCN(CC2CN(C3CCN(CC4(CC(C)C)CC4)CC3)C2)CC1. The van der Waals surface area contributed by atoms with Gasteiger partial charge in [0.25, 0.3) is 0 Å². The third-order valence-corrected chi connectivity index (χ3v) is 7.84. The van der Waals surface area contributed by atoms with Crippen LogP contribution in [-0.2, 0) is 0 Å². The van der Waals surface area contributed by atoms with Crippen molar-refractivity contribution in [3.8, 4) is 0 Å². The summed E-state index contributed by atoms with van der Waals surface area (Å²) >= 11 is 0. The van der Waals surface area contributed by atoms with Gasteiger partial charge in [0.2, 0.25) is 0 Å². The Kier molecular flexibility index (Phi) is 6.48. The smallest absolute Gasteiger partial charge is 0.0120 e. The van der Waals surface area contributed by atoms with Crippen molar-refractivity contribution in [1.82, 2.24) is 19.6 Å². The lowest BCUT2D eigenvalue weighted by molar-refractivity contribution is -0.00418. The summed E-state index contributed by atoms with van der Waals surface area (Å²) in [6.07, 6.45) is 7.27. The molecule has 4 rings (SSSR count). The number of nitrogens with zero attached hydrogens (tertiary/aromatic N) is 4. The van der Waals surface area contributed by atoms with Crippen molar-refractivity contribution in [3.05, 3.63) is 0 Å². The lowest BCUT2D eigenvalue weighted by Crippen LogP contribution is -2.59. The summed E-state index contributed by atoms with van der Waals surface area (Å²) < 4.78 is 0. The van der Waals surface area contributed by atoms with Gasteiger partial charge in [-0.15, -0.1) is 0 Å². The maximum atomic E-state index is 2.81. The zero-order valence-electron chi connectivity index (χ0n) is 18.3. The first kappa shape index (κ1) is 20.1. The van der Waals surface area contributed by atoms with Crippen LogP contribution >= 0.6 is 0 Å². The number of piperidine rings is 1. The Morgan fingerprint density at radius 3 is 2.04 bits per heavy atom. The second-order valence-corrected chi connectivity index (χ2v) is 10.7. The highest BCUT2D eigenvalue weighted by molar-refractivity contribution is 4.97. The van der Waals surface area contributed by atoms with Gasteiger partial charge in [0, 0.05) is 58.4 Å². The molecule has 3 aliphatic heterocycles. The third-order valence-electron chi connectivity index (χ3n) is 7.84. The average molecular weight is 377 g/mol. The maximum Gasteiger partial charge on any atom is 0.0120 e. The van der Waals surface area contributed by atoms with E-state index in [2.05, 4.69) is 40.4 Å². The lowest BCUT2D eigenvalue weighted by Gasteiger charge is -2.49. The highest BCUT2D eigenvalue weighted by Gasteiger charge is 2.44. The van der Waals surface area contributed by atoms with Crippen LogP contribution in [0.3, 0.4) is 0 Å². The summed E-state index contributed by atoms with van der Waals surface area (Å²) in [5.74, 6) is 1.81. The molecule has 4 fully saturated rings. The van der Waals surface area contributed by atoms with Crippen LogP contribution < -0.4 is 0 Å². The molecule has 0 N–H and O–H groups in total. The quantitative estimate of drug-likeness (QED) is 0.646. The van der Waals surface area contributed by atoms with E-state index in [1.54, 1.807) is 0 Å². The van der Waals surface area contributed by atoms with Gasteiger partial charge < -0.3 is 14.7 Å². The van der Waals surface area contributed by atoms with E-state index in [0.29, 0.717) is 5.41 Å². The van der Waals surface area contributed by atoms with Crippen molar-refractivity contribution >= 4 is 0 Å². The fourth-order valence-corrected chi connectivity index (χ4v) is 6.06. The molecule has 4 aliphatic rings. The number of likely N-dealkylation sites (tertiary alicyclic amines) is 2. The molecule has 0 unspecified atom stereocenters. The Morgan fingerprint density at radius 1 is 0.852 bits per heavy atom. The van der Waals surface area contributed by atoms with Gasteiger partial charge in [-0.1, -0.05) is 20.8 Å². The predicted octanol–water partition coefficient (Wildman–Crippen LogP) is 2.85. The molecule has 3 heterocycles. The summed E-state index contributed by atoms with van der Waals surface area (Å²) in [6, 6.07) is 0.884. The Hall–Kier alpha value is -0.160. The van der Waals surface area contributed by atoms with Crippen LogP contribution in [0.5, 0.6) is 0 Å². The molecule has 0 aromatic carbocycles. The molecule has 0 aromatic rings. The van der Waals surface area contributed by atoms with Gasteiger partial charge in [-0.25, -0.2) is 0 Å². The Labute approximate surface area is 168 Å². The number of hydrogen-bond acceptors (Lipinski definition) is 4. The fourth-order valence-electron chi connectivity index (χ4n) is 6.06. The molecule has 27 heavy (non-hydrogen) atoms. The number of rotatable bonds is 8. The first-order valence-corrected chi connectivity index (χ1v) is 12.0. The molecule has 4 heteroatoms. The molecule has 0 atom stereocenters. The number of hydrogen-bond donors (Lipinski definition) is 0. The molecule has 0 spiro atoms. The molecule has 4 nitrogen and oxygen atoms in total. The number of likely N-dealkylation sites (N-methyl/N-ethyl adjacent to an activating group) is 1. The Bertz CT molecular complexity index is 453. The van der Waals surface area contributed by atoms with E-state index in [1.165, 1.54) is 104 Å². The zero-order chi connectivity index (χ0) is 18.9. The van der Waals surface area contributed by atoms with Crippen LogP contribution in [-0.4, -0.2) is 97.6 Å². The topological polar surface area (TPSA) is 13.0 Å². The summed E-state index contributed by atoms with van der Waals surface area (Å²) in [5.41, 5.74) is 0.713. The molecular weight excluding hydrogens is 332 g/mol. The minimum absolute atomic E-state index is 0.713. The second-order valence-electron chi connectivity index (χ2n) is 10.7. The number of piperazine rings is 1. The van der Waals surface area contributed by atoms with Crippen LogP contribution in [0.2, 0.25) is 0 Å². The first-order valence-electron chi connectivity index (χ1n) is 12.0. The molecule has 0 amide bonds.